The molecule has 1 aliphatic rings. The Morgan fingerprint density at radius 2 is 1.85 bits per heavy atom. The summed E-state index contributed by atoms with van der Waals surface area (Å²) >= 11 is 0. The second-order valence-electron chi connectivity index (χ2n) is 6.06. The van der Waals surface area contributed by atoms with Crippen LogP contribution in [0, 0.1) is 0 Å². The lowest BCUT2D eigenvalue weighted by Crippen LogP contribution is -2.48. The van der Waals surface area contributed by atoms with Gasteiger partial charge in [-0.1, -0.05) is 31.4 Å². The molecule has 1 heterocycles. The van der Waals surface area contributed by atoms with Gasteiger partial charge in [-0.05, 0) is 39.2 Å². The molecule has 20 heavy (non-hydrogen) atoms. The average molecular weight is 279 g/mol. The SMILES string of the molecule is C=C/C=C(\C=C)C1(O)CCN(C(=O)OC(C)(C)C)CC1. The van der Waals surface area contributed by atoms with Gasteiger partial charge < -0.3 is 14.7 Å². The van der Waals surface area contributed by atoms with Crippen molar-refractivity contribution in [3.63, 3.8) is 0 Å². The Labute approximate surface area is 121 Å². The van der Waals surface area contributed by atoms with Crippen molar-refractivity contribution in [1.29, 1.82) is 0 Å². The van der Waals surface area contributed by atoms with Crippen molar-refractivity contribution in [3.05, 3.63) is 37.0 Å². The second-order valence-corrected chi connectivity index (χ2v) is 6.06. The lowest BCUT2D eigenvalue weighted by Gasteiger charge is -2.39. The molecular formula is C16H25NO3. The summed E-state index contributed by atoms with van der Waals surface area (Å²) in [4.78, 5) is 13.6. The van der Waals surface area contributed by atoms with E-state index in [1.54, 1.807) is 23.1 Å². The normalized spacial score (nSPS) is 19.4. The highest BCUT2D eigenvalue weighted by Gasteiger charge is 2.36. The molecular weight excluding hydrogens is 254 g/mol. The number of aliphatic hydroxyl groups is 1. The summed E-state index contributed by atoms with van der Waals surface area (Å²) in [5.41, 5.74) is -0.690. The van der Waals surface area contributed by atoms with Crippen LogP contribution in [0.4, 0.5) is 4.79 Å². The van der Waals surface area contributed by atoms with Crippen molar-refractivity contribution < 1.29 is 14.6 Å². The third-order valence-electron chi connectivity index (χ3n) is 3.30. The van der Waals surface area contributed by atoms with E-state index in [1.807, 2.05) is 20.8 Å². The van der Waals surface area contributed by atoms with E-state index in [2.05, 4.69) is 13.2 Å². The fourth-order valence-corrected chi connectivity index (χ4v) is 2.21. The molecule has 0 aromatic rings. The van der Waals surface area contributed by atoms with Crippen molar-refractivity contribution in [3.8, 4) is 0 Å². The van der Waals surface area contributed by atoms with Crippen molar-refractivity contribution in [2.45, 2.75) is 44.8 Å². The van der Waals surface area contributed by atoms with E-state index >= 15 is 0 Å². The van der Waals surface area contributed by atoms with Crippen LogP contribution >= 0.6 is 0 Å². The third kappa shape index (κ3) is 4.23. The van der Waals surface area contributed by atoms with Gasteiger partial charge in [0, 0.05) is 13.1 Å². The Bertz CT molecular complexity index is 410. The zero-order chi connectivity index (χ0) is 15.4. The Morgan fingerprint density at radius 1 is 1.30 bits per heavy atom. The number of piperidine rings is 1. The molecule has 0 radical (unpaired) electrons. The van der Waals surface area contributed by atoms with Gasteiger partial charge in [-0.15, -0.1) is 0 Å². The van der Waals surface area contributed by atoms with Gasteiger partial charge in [-0.3, -0.25) is 0 Å². The number of hydrogen-bond donors (Lipinski definition) is 1. The number of nitrogens with zero attached hydrogens (tertiary/aromatic N) is 1. The van der Waals surface area contributed by atoms with Crippen LogP contribution < -0.4 is 0 Å². The predicted molar refractivity (Wildman–Crippen MR) is 80.5 cm³/mol. The number of carbonyl (C=O) groups excluding carboxylic acids is 1. The zero-order valence-corrected chi connectivity index (χ0v) is 12.7. The first-order chi connectivity index (χ1) is 9.22. The van der Waals surface area contributed by atoms with Gasteiger partial charge in [-0.2, -0.15) is 0 Å². The Hall–Kier alpha value is -1.55. The second kappa shape index (κ2) is 6.27. The summed E-state index contributed by atoms with van der Waals surface area (Å²) in [5, 5.41) is 10.6. The van der Waals surface area contributed by atoms with Crippen LogP contribution in [0.5, 0.6) is 0 Å². The number of likely N-dealkylation sites (tertiary alicyclic amines) is 1. The van der Waals surface area contributed by atoms with Crippen molar-refractivity contribution in [2.24, 2.45) is 0 Å². The molecule has 1 N–H and O–H groups in total. The number of hydrogen-bond acceptors (Lipinski definition) is 3. The van der Waals surface area contributed by atoms with Gasteiger partial charge in [0.1, 0.15) is 5.60 Å². The van der Waals surface area contributed by atoms with Gasteiger partial charge in [0.25, 0.3) is 0 Å². The van der Waals surface area contributed by atoms with Crippen LogP contribution in [-0.2, 0) is 4.74 Å². The smallest absolute Gasteiger partial charge is 0.410 e. The summed E-state index contributed by atoms with van der Waals surface area (Å²) in [6.45, 7) is 13.8. The van der Waals surface area contributed by atoms with E-state index < -0.39 is 11.2 Å². The molecule has 0 bridgehead atoms. The fourth-order valence-electron chi connectivity index (χ4n) is 2.21. The van der Waals surface area contributed by atoms with Crippen molar-refractivity contribution in [1.82, 2.24) is 4.90 Å². The molecule has 0 aromatic carbocycles. The molecule has 0 saturated carbocycles. The predicted octanol–water partition coefficient (Wildman–Crippen LogP) is 3.05. The highest BCUT2D eigenvalue weighted by molar-refractivity contribution is 5.68. The quantitative estimate of drug-likeness (QED) is 0.808. The number of carbonyl (C=O) groups is 1. The minimum absolute atomic E-state index is 0.326. The lowest BCUT2D eigenvalue weighted by molar-refractivity contribution is -0.0118. The summed E-state index contributed by atoms with van der Waals surface area (Å²) in [6.07, 6.45) is 5.65. The van der Waals surface area contributed by atoms with Gasteiger partial charge in [0.2, 0.25) is 0 Å². The van der Waals surface area contributed by atoms with Gasteiger partial charge in [0.15, 0.2) is 0 Å². The number of rotatable bonds is 3. The summed E-state index contributed by atoms with van der Waals surface area (Å²) in [6, 6.07) is 0. The maximum absolute atomic E-state index is 12.0. The molecule has 0 unspecified atom stereocenters. The third-order valence-corrected chi connectivity index (χ3v) is 3.30. The Balaban J connectivity index is 2.67. The van der Waals surface area contributed by atoms with Crippen LogP contribution in [0.1, 0.15) is 33.6 Å². The topological polar surface area (TPSA) is 49.8 Å². The van der Waals surface area contributed by atoms with Crippen LogP contribution in [0.2, 0.25) is 0 Å². The monoisotopic (exact) mass is 279 g/mol. The van der Waals surface area contributed by atoms with Crippen molar-refractivity contribution in [2.75, 3.05) is 13.1 Å². The average Bonchev–Trinajstić information content (AvgIpc) is 2.34. The molecule has 1 amide bonds. The van der Waals surface area contributed by atoms with Crippen LogP contribution in [-0.4, -0.2) is 40.4 Å². The maximum Gasteiger partial charge on any atom is 0.410 e. The molecule has 4 heteroatoms. The minimum Gasteiger partial charge on any atom is -0.444 e. The molecule has 112 valence electrons. The van der Waals surface area contributed by atoms with E-state index in [4.69, 9.17) is 4.74 Å². The molecule has 1 fully saturated rings. The molecule has 1 aliphatic heterocycles. The molecule has 4 nitrogen and oxygen atoms in total. The number of allylic oxidation sites excluding steroid dienone is 2. The van der Waals surface area contributed by atoms with E-state index in [0.717, 1.165) is 5.57 Å². The molecule has 0 spiro atoms. The van der Waals surface area contributed by atoms with E-state index in [1.165, 1.54) is 0 Å². The Morgan fingerprint density at radius 3 is 2.25 bits per heavy atom. The first kappa shape index (κ1) is 16.5. The molecule has 1 saturated heterocycles. The zero-order valence-electron chi connectivity index (χ0n) is 12.7. The highest BCUT2D eigenvalue weighted by Crippen LogP contribution is 2.31. The largest absolute Gasteiger partial charge is 0.444 e. The highest BCUT2D eigenvalue weighted by atomic mass is 16.6. The Kier molecular flexibility index (Phi) is 5.17. The van der Waals surface area contributed by atoms with E-state index in [0.29, 0.717) is 25.9 Å². The fraction of sp³-hybridized carbons (Fsp3) is 0.562. The first-order valence-corrected chi connectivity index (χ1v) is 6.88. The number of amides is 1. The standard InChI is InChI=1S/C16H25NO3/c1-6-8-13(7-2)16(19)9-11-17(12-10-16)14(18)20-15(3,4)5/h6-8,19H,1-2,9-12H2,3-5H3/b13-8+. The van der Waals surface area contributed by atoms with Gasteiger partial charge >= 0.3 is 6.09 Å². The van der Waals surface area contributed by atoms with Crippen LogP contribution in [0.15, 0.2) is 37.0 Å². The van der Waals surface area contributed by atoms with Crippen LogP contribution in [0.3, 0.4) is 0 Å². The van der Waals surface area contributed by atoms with Gasteiger partial charge in [0.05, 0.1) is 5.60 Å². The summed E-state index contributed by atoms with van der Waals surface area (Å²) < 4.78 is 5.33. The molecule has 0 aromatic heterocycles. The molecule has 0 aliphatic carbocycles. The van der Waals surface area contributed by atoms with E-state index in [9.17, 15) is 9.90 Å². The number of ether oxygens (including phenoxy) is 1. The summed E-state index contributed by atoms with van der Waals surface area (Å²) in [5.74, 6) is 0. The van der Waals surface area contributed by atoms with E-state index in [-0.39, 0.29) is 6.09 Å². The first-order valence-electron chi connectivity index (χ1n) is 6.88. The lowest BCUT2D eigenvalue weighted by atomic mass is 9.84. The molecule has 0 atom stereocenters. The van der Waals surface area contributed by atoms with Gasteiger partial charge in [-0.25, -0.2) is 4.79 Å². The van der Waals surface area contributed by atoms with Crippen LogP contribution in [0.25, 0.3) is 0 Å². The van der Waals surface area contributed by atoms with Crippen molar-refractivity contribution >= 4 is 6.09 Å². The maximum atomic E-state index is 12.0. The summed E-state index contributed by atoms with van der Waals surface area (Å²) in [7, 11) is 0. The minimum atomic E-state index is -0.936. The molecule has 1 rings (SSSR count).